The molecular formula is C55H47N4O+. The van der Waals surface area contributed by atoms with E-state index in [1.807, 2.05) is 30.3 Å². The van der Waals surface area contributed by atoms with Crippen LogP contribution in [-0.2, 0) is 12.5 Å². The van der Waals surface area contributed by atoms with Crippen molar-refractivity contribution >= 4 is 43.5 Å². The molecule has 0 atom stereocenters. The van der Waals surface area contributed by atoms with Crippen LogP contribution < -0.4 is 4.57 Å². The smallest absolute Gasteiger partial charge is 0.216 e. The number of pyridine rings is 1. The third-order valence-corrected chi connectivity index (χ3v) is 12.1. The molecule has 0 N–H and O–H groups in total. The van der Waals surface area contributed by atoms with Gasteiger partial charge in [-0.2, -0.15) is 0 Å². The molecule has 0 bridgehead atoms. The van der Waals surface area contributed by atoms with Gasteiger partial charge in [0.1, 0.15) is 24.0 Å². The SMILES string of the molecule is Cc1c[n+](C)c(-c2c(C)ccc3c2oc2c3ccc3ccc4ccccc4c32)cc1-c1c(C)cc(-c2ccc(-c3nc(-c4ccccc4)nc(C(C)(C)C)n3)cc2)cc1C. The first-order chi connectivity index (χ1) is 28.9. The minimum Gasteiger partial charge on any atom is -0.454 e. The summed E-state index contributed by atoms with van der Waals surface area (Å²) in [5.41, 5.74) is 15.5. The highest BCUT2D eigenvalue weighted by molar-refractivity contribution is 6.24. The fourth-order valence-corrected chi connectivity index (χ4v) is 9.03. The van der Waals surface area contributed by atoms with Gasteiger partial charge in [-0.3, -0.25) is 0 Å². The second-order valence-corrected chi connectivity index (χ2v) is 17.4. The molecule has 0 aliphatic carbocycles. The Balaban J connectivity index is 1.05. The van der Waals surface area contributed by atoms with Crippen LogP contribution in [0.1, 0.15) is 48.8 Å². The maximum absolute atomic E-state index is 7.04. The molecule has 5 nitrogen and oxygen atoms in total. The van der Waals surface area contributed by atoms with Gasteiger partial charge < -0.3 is 4.42 Å². The van der Waals surface area contributed by atoms with Crippen LogP contribution in [0.15, 0.2) is 144 Å². The summed E-state index contributed by atoms with van der Waals surface area (Å²) in [7, 11) is 2.14. The molecule has 0 amide bonds. The molecule has 0 radical (unpaired) electrons. The van der Waals surface area contributed by atoms with Crippen LogP contribution in [0.25, 0.3) is 99.8 Å². The quantitative estimate of drug-likeness (QED) is 0.129. The molecular weight excluding hydrogens is 733 g/mol. The molecule has 5 heteroatoms. The van der Waals surface area contributed by atoms with Crippen LogP contribution in [0.2, 0.25) is 0 Å². The first kappa shape index (κ1) is 37.3. The van der Waals surface area contributed by atoms with Crippen LogP contribution in [0, 0.1) is 27.7 Å². The molecule has 60 heavy (non-hydrogen) atoms. The molecule has 0 aliphatic rings. The Kier molecular flexibility index (Phi) is 8.76. The minimum atomic E-state index is -0.224. The number of nitrogens with zero attached hydrogens (tertiary/aromatic N) is 4. The van der Waals surface area contributed by atoms with Gasteiger partial charge in [0.2, 0.25) is 5.69 Å². The van der Waals surface area contributed by atoms with Gasteiger partial charge in [0.25, 0.3) is 0 Å². The fourth-order valence-electron chi connectivity index (χ4n) is 9.03. The van der Waals surface area contributed by atoms with Gasteiger partial charge in [0, 0.05) is 44.3 Å². The zero-order valence-electron chi connectivity index (χ0n) is 35.5. The molecule has 0 fully saturated rings. The average molecular weight is 780 g/mol. The first-order valence-electron chi connectivity index (χ1n) is 20.7. The predicted octanol–water partition coefficient (Wildman–Crippen LogP) is 13.8. The average Bonchev–Trinajstić information content (AvgIpc) is 3.63. The van der Waals surface area contributed by atoms with E-state index in [9.17, 15) is 0 Å². The van der Waals surface area contributed by atoms with Crippen LogP contribution in [0.4, 0.5) is 0 Å². The molecule has 7 aromatic carbocycles. The number of aromatic nitrogens is 4. The summed E-state index contributed by atoms with van der Waals surface area (Å²) >= 11 is 0. The van der Waals surface area contributed by atoms with Crippen molar-refractivity contribution in [2.24, 2.45) is 7.05 Å². The molecule has 0 saturated heterocycles. The van der Waals surface area contributed by atoms with E-state index in [-0.39, 0.29) is 5.41 Å². The molecule has 10 rings (SSSR count). The van der Waals surface area contributed by atoms with Crippen molar-refractivity contribution in [3.63, 3.8) is 0 Å². The van der Waals surface area contributed by atoms with Crippen molar-refractivity contribution in [1.29, 1.82) is 0 Å². The van der Waals surface area contributed by atoms with E-state index < -0.39 is 0 Å². The fraction of sp³-hybridized carbons (Fsp3) is 0.164. The van der Waals surface area contributed by atoms with Crippen molar-refractivity contribution < 1.29 is 8.98 Å². The first-order valence-corrected chi connectivity index (χ1v) is 20.7. The second kappa shape index (κ2) is 14.1. The summed E-state index contributed by atoms with van der Waals surface area (Å²) < 4.78 is 9.29. The molecule has 0 unspecified atom stereocenters. The summed E-state index contributed by atoms with van der Waals surface area (Å²) in [5.74, 6) is 2.15. The highest BCUT2D eigenvalue weighted by Gasteiger charge is 2.25. The second-order valence-electron chi connectivity index (χ2n) is 17.4. The van der Waals surface area contributed by atoms with Gasteiger partial charge in [-0.15, -0.1) is 0 Å². The lowest BCUT2D eigenvalue weighted by molar-refractivity contribution is -0.660. The number of aryl methyl sites for hydroxylation is 5. The van der Waals surface area contributed by atoms with Gasteiger partial charge in [-0.25, -0.2) is 19.5 Å². The maximum Gasteiger partial charge on any atom is 0.216 e. The Morgan fingerprint density at radius 1 is 0.483 bits per heavy atom. The monoisotopic (exact) mass is 779 g/mol. The summed E-state index contributed by atoms with van der Waals surface area (Å²) in [4.78, 5) is 14.7. The van der Waals surface area contributed by atoms with Crippen LogP contribution in [-0.4, -0.2) is 15.0 Å². The lowest BCUT2D eigenvalue weighted by Crippen LogP contribution is -2.31. The standard InChI is InChI=1S/C55H47N4O/c1-32-18-26-43-44-27-25-38-22-21-37-14-12-13-17-42(37)49(38)51(44)60-50(43)48(32)46-30-45(35(4)31-59(46)8)47-33(2)28-41(29-34(47)3)36-19-23-40(24-20-36)53-56-52(39-15-10-9-11-16-39)57-54(58-53)55(5,6)7/h9-31H,1-8H3/q+1. The highest BCUT2D eigenvalue weighted by Crippen LogP contribution is 2.43. The molecule has 0 saturated carbocycles. The van der Waals surface area contributed by atoms with E-state index in [2.05, 4.69) is 169 Å². The van der Waals surface area contributed by atoms with Crippen LogP contribution >= 0.6 is 0 Å². The van der Waals surface area contributed by atoms with E-state index in [1.165, 1.54) is 55.1 Å². The molecule has 0 aliphatic heterocycles. The predicted molar refractivity (Wildman–Crippen MR) is 248 cm³/mol. The zero-order valence-corrected chi connectivity index (χ0v) is 35.5. The number of hydrogen-bond acceptors (Lipinski definition) is 4. The number of furan rings is 1. The normalized spacial score (nSPS) is 12.0. The lowest BCUT2D eigenvalue weighted by atomic mass is 9.88. The van der Waals surface area contributed by atoms with Gasteiger partial charge in [0.05, 0.1) is 5.56 Å². The maximum atomic E-state index is 7.04. The molecule has 10 aromatic rings. The summed E-state index contributed by atoms with van der Waals surface area (Å²) in [6, 6.07) is 47.7. The summed E-state index contributed by atoms with van der Waals surface area (Å²) in [6.07, 6.45) is 2.26. The van der Waals surface area contributed by atoms with Crippen molar-refractivity contribution in [2.45, 2.75) is 53.9 Å². The van der Waals surface area contributed by atoms with E-state index in [0.717, 1.165) is 61.1 Å². The topological polar surface area (TPSA) is 55.7 Å². The number of rotatable bonds is 5. The highest BCUT2D eigenvalue weighted by atomic mass is 16.3. The van der Waals surface area contributed by atoms with E-state index in [1.54, 1.807) is 0 Å². The van der Waals surface area contributed by atoms with E-state index >= 15 is 0 Å². The third kappa shape index (κ3) is 6.24. The van der Waals surface area contributed by atoms with Crippen molar-refractivity contribution in [3.05, 3.63) is 168 Å². The van der Waals surface area contributed by atoms with Crippen LogP contribution in [0.5, 0.6) is 0 Å². The van der Waals surface area contributed by atoms with Crippen molar-refractivity contribution in [3.8, 4) is 56.3 Å². The summed E-state index contributed by atoms with van der Waals surface area (Å²) in [5, 5.41) is 7.04. The van der Waals surface area contributed by atoms with E-state index in [0.29, 0.717) is 11.6 Å². The molecule has 3 heterocycles. The third-order valence-electron chi connectivity index (χ3n) is 12.1. The lowest BCUT2D eigenvalue weighted by Gasteiger charge is -2.18. The molecule has 0 spiro atoms. The van der Waals surface area contributed by atoms with Gasteiger partial charge in [0.15, 0.2) is 17.8 Å². The van der Waals surface area contributed by atoms with Gasteiger partial charge in [-0.1, -0.05) is 142 Å². The number of benzene rings is 7. The van der Waals surface area contributed by atoms with Crippen molar-refractivity contribution in [2.75, 3.05) is 0 Å². The van der Waals surface area contributed by atoms with Crippen LogP contribution in [0.3, 0.4) is 0 Å². The summed E-state index contributed by atoms with van der Waals surface area (Å²) in [6.45, 7) is 15.3. The Labute approximate surface area is 351 Å². The Morgan fingerprint density at radius 2 is 1.08 bits per heavy atom. The van der Waals surface area contributed by atoms with Crippen molar-refractivity contribution in [1.82, 2.24) is 15.0 Å². The Hall–Kier alpha value is -6.98. The van der Waals surface area contributed by atoms with E-state index in [4.69, 9.17) is 19.4 Å². The molecule has 3 aromatic heterocycles. The van der Waals surface area contributed by atoms with Gasteiger partial charge >= 0.3 is 0 Å². The Morgan fingerprint density at radius 3 is 1.80 bits per heavy atom. The van der Waals surface area contributed by atoms with Gasteiger partial charge in [-0.05, 0) is 88.9 Å². The molecule has 292 valence electrons. The zero-order chi connectivity index (χ0) is 41.4. The largest absolute Gasteiger partial charge is 0.454 e. The Bertz CT molecular complexity index is 3310. The number of hydrogen-bond donors (Lipinski definition) is 0. The minimum absolute atomic E-state index is 0.224. The number of fused-ring (bicyclic) bond motifs is 7.